The quantitative estimate of drug-likeness (QED) is 0.816. The number of hydrogen-bond donors (Lipinski definition) is 1. The van der Waals surface area contributed by atoms with Gasteiger partial charge in [0, 0.05) is 18.7 Å². The van der Waals surface area contributed by atoms with Gasteiger partial charge in [-0.25, -0.2) is 0 Å². The molecule has 0 aliphatic carbocycles. The van der Waals surface area contributed by atoms with Crippen LogP contribution in [0.15, 0.2) is 48.5 Å². The van der Waals surface area contributed by atoms with E-state index in [9.17, 15) is 9.59 Å². The van der Waals surface area contributed by atoms with Gasteiger partial charge in [-0.3, -0.25) is 9.59 Å². The molecule has 6 heteroatoms. The third kappa shape index (κ3) is 4.78. The highest BCUT2D eigenvalue weighted by atomic mass is 16.5. The molecule has 0 bridgehead atoms. The van der Waals surface area contributed by atoms with Crippen LogP contribution < -0.4 is 19.7 Å². The molecule has 0 spiro atoms. The third-order valence-corrected chi connectivity index (χ3v) is 4.40. The zero-order valence-electron chi connectivity index (χ0n) is 15.6. The Labute approximate surface area is 159 Å². The number of para-hydroxylation sites is 1. The van der Waals surface area contributed by atoms with Gasteiger partial charge in [-0.05, 0) is 49.7 Å². The number of nitrogens with one attached hydrogen (secondary N) is 1. The van der Waals surface area contributed by atoms with Gasteiger partial charge in [-0.15, -0.1) is 0 Å². The SMILES string of the molecule is CCOc1ccc(N2CC(NC(=O)COc3ccccc3C)CC2=O)cc1. The summed E-state index contributed by atoms with van der Waals surface area (Å²) in [5.74, 6) is 1.21. The summed E-state index contributed by atoms with van der Waals surface area (Å²) >= 11 is 0. The van der Waals surface area contributed by atoms with Crippen molar-refractivity contribution >= 4 is 17.5 Å². The van der Waals surface area contributed by atoms with Crippen molar-refractivity contribution in [3.8, 4) is 11.5 Å². The van der Waals surface area contributed by atoms with Gasteiger partial charge in [0.15, 0.2) is 6.61 Å². The summed E-state index contributed by atoms with van der Waals surface area (Å²) in [4.78, 5) is 26.2. The van der Waals surface area contributed by atoms with E-state index in [1.54, 1.807) is 4.90 Å². The monoisotopic (exact) mass is 368 g/mol. The van der Waals surface area contributed by atoms with Crippen LogP contribution in [0, 0.1) is 6.92 Å². The molecule has 3 rings (SSSR count). The van der Waals surface area contributed by atoms with Crippen LogP contribution in [-0.2, 0) is 9.59 Å². The van der Waals surface area contributed by atoms with Crippen molar-refractivity contribution in [3.05, 3.63) is 54.1 Å². The number of ether oxygens (including phenoxy) is 2. The lowest BCUT2D eigenvalue weighted by atomic mass is 10.2. The number of anilines is 1. The molecule has 1 fully saturated rings. The predicted octanol–water partition coefficient (Wildman–Crippen LogP) is 2.69. The van der Waals surface area contributed by atoms with Crippen molar-refractivity contribution in [2.75, 3.05) is 24.7 Å². The van der Waals surface area contributed by atoms with Gasteiger partial charge in [0.1, 0.15) is 11.5 Å². The van der Waals surface area contributed by atoms with Crippen molar-refractivity contribution in [2.24, 2.45) is 0 Å². The number of benzene rings is 2. The van der Waals surface area contributed by atoms with Gasteiger partial charge in [0.2, 0.25) is 5.91 Å². The van der Waals surface area contributed by atoms with E-state index in [1.165, 1.54) is 0 Å². The highest BCUT2D eigenvalue weighted by molar-refractivity contribution is 5.97. The fraction of sp³-hybridized carbons (Fsp3) is 0.333. The van der Waals surface area contributed by atoms with Gasteiger partial charge in [-0.2, -0.15) is 0 Å². The summed E-state index contributed by atoms with van der Waals surface area (Å²) < 4.78 is 11.0. The van der Waals surface area contributed by atoms with Crippen LogP contribution in [0.1, 0.15) is 18.9 Å². The first-order chi connectivity index (χ1) is 13.1. The Balaban J connectivity index is 1.52. The minimum absolute atomic E-state index is 0.00992. The highest BCUT2D eigenvalue weighted by Crippen LogP contribution is 2.24. The van der Waals surface area contributed by atoms with Crippen molar-refractivity contribution in [1.29, 1.82) is 0 Å². The molecule has 27 heavy (non-hydrogen) atoms. The lowest BCUT2D eigenvalue weighted by Crippen LogP contribution is -2.39. The molecule has 2 amide bonds. The predicted molar refractivity (Wildman–Crippen MR) is 103 cm³/mol. The molecule has 1 atom stereocenters. The molecule has 1 N–H and O–H groups in total. The Bertz CT molecular complexity index is 804. The zero-order chi connectivity index (χ0) is 19.2. The van der Waals surface area contributed by atoms with Crippen molar-refractivity contribution < 1.29 is 19.1 Å². The lowest BCUT2D eigenvalue weighted by Gasteiger charge is -2.18. The Hall–Kier alpha value is -3.02. The minimum Gasteiger partial charge on any atom is -0.494 e. The average Bonchev–Trinajstić information content (AvgIpc) is 3.02. The van der Waals surface area contributed by atoms with Crippen LogP contribution in [0.4, 0.5) is 5.69 Å². The molecule has 1 heterocycles. The summed E-state index contributed by atoms with van der Waals surface area (Å²) in [6.07, 6.45) is 0.281. The number of amides is 2. The van der Waals surface area contributed by atoms with Crippen LogP contribution in [0.2, 0.25) is 0 Å². The molecule has 1 saturated heterocycles. The molecule has 1 aliphatic rings. The Morgan fingerprint density at radius 1 is 1.15 bits per heavy atom. The standard InChI is InChI=1S/C21H24N2O4/c1-3-26-18-10-8-17(9-11-18)23-13-16(12-21(23)25)22-20(24)14-27-19-7-5-4-6-15(19)2/h4-11,16H,3,12-14H2,1-2H3,(H,22,24). The van der Waals surface area contributed by atoms with Crippen LogP contribution in [0.5, 0.6) is 11.5 Å². The lowest BCUT2D eigenvalue weighted by molar-refractivity contribution is -0.123. The molecule has 0 aromatic heterocycles. The van der Waals surface area contributed by atoms with Gasteiger partial charge in [0.25, 0.3) is 5.91 Å². The first kappa shape index (κ1) is 18.8. The van der Waals surface area contributed by atoms with E-state index in [1.807, 2.05) is 62.4 Å². The van der Waals surface area contributed by atoms with Crippen molar-refractivity contribution in [3.63, 3.8) is 0 Å². The van der Waals surface area contributed by atoms with E-state index in [0.717, 1.165) is 17.0 Å². The summed E-state index contributed by atoms with van der Waals surface area (Å²) in [5.41, 5.74) is 1.78. The molecule has 0 saturated carbocycles. The third-order valence-electron chi connectivity index (χ3n) is 4.40. The van der Waals surface area contributed by atoms with Gasteiger partial charge >= 0.3 is 0 Å². The van der Waals surface area contributed by atoms with Crippen molar-refractivity contribution in [2.45, 2.75) is 26.3 Å². The zero-order valence-corrected chi connectivity index (χ0v) is 15.6. The number of carbonyl (C=O) groups excluding carboxylic acids is 2. The van der Waals surface area contributed by atoms with Crippen LogP contribution in [-0.4, -0.2) is 37.6 Å². The van der Waals surface area contributed by atoms with E-state index in [4.69, 9.17) is 9.47 Å². The average molecular weight is 368 g/mol. The molecule has 0 radical (unpaired) electrons. The molecule has 1 unspecified atom stereocenters. The summed E-state index contributed by atoms with van der Waals surface area (Å²) in [6, 6.07) is 14.7. The summed E-state index contributed by atoms with van der Waals surface area (Å²) in [7, 11) is 0. The fourth-order valence-electron chi connectivity index (χ4n) is 3.07. The van der Waals surface area contributed by atoms with Crippen LogP contribution >= 0.6 is 0 Å². The Morgan fingerprint density at radius 2 is 1.89 bits per heavy atom. The first-order valence-corrected chi connectivity index (χ1v) is 9.08. The smallest absolute Gasteiger partial charge is 0.258 e. The second-order valence-corrected chi connectivity index (χ2v) is 6.45. The normalized spacial score (nSPS) is 16.3. The van der Waals surface area contributed by atoms with E-state index < -0.39 is 0 Å². The molecular formula is C21H24N2O4. The second kappa shape index (κ2) is 8.58. The number of aryl methyl sites for hydroxylation is 1. The van der Waals surface area contributed by atoms with E-state index >= 15 is 0 Å². The molecule has 142 valence electrons. The van der Waals surface area contributed by atoms with Gasteiger partial charge in [-0.1, -0.05) is 18.2 Å². The van der Waals surface area contributed by atoms with Crippen LogP contribution in [0.3, 0.4) is 0 Å². The fourth-order valence-corrected chi connectivity index (χ4v) is 3.07. The number of rotatable bonds is 7. The van der Waals surface area contributed by atoms with E-state index in [2.05, 4.69) is 5.32 Å². The number of hydrogen-bond acceptors (Lipinski definition) is 4. The maximum absolute atomic E-state index is 12.3. The molecule has 2 aromatic rings. The largest absolute Gasteiger partial charge is 0.494 e. The van der Waals surface area contributed by atoms with E-state index in [-0.39, 0.29) is 30.9 Å². The number of carbonyl (C=O) groups is 2. The molecular weight excluding hydrogens is 344 g/mol. The summed E-state index contributed by atoms with van der Waals surface area (Å²) in [6.45, 7) is 4.83. The first-order valence-electron chi connectivity index (χ1n) is 9.08. The maximum atomic E-state index is 12.3. The maximum Gasteiger partial charge on any atom is 0.258 e. The molecule has 1 aliphatic heterocycles. The topological polar surface area (TPSA) is 67.9 Å². The summed E-state index contributed by atoms with van der Waals surface area (Å²) in [5, 5.41) is 2.88. The molecule has 6 nitrogen and oxygen atoms in total. The Kier molecular flexibility index (Phi) is 5.96. The van der Waals surface area contributed by atoms with Gasteiger partial charge < -0.3 is 19.7 Å². The second-order valence-electron chi connectivity index (χ2n) is 6.45. The minimum atomic E-state index is -0.232. The number of nitrogens with zero attached hydrogens (tertiary/aromatic N) is 1. The van der Waals surface area contributed by atoms with Gasteiger partial charge in [0.05, 0.1) is 12.6 Å². The van der Waals surface area contributed by atoms with Crippen LogP contribution in [0.25, 0.3) is 0 Å². The highest BCUT2D eigenvalue weighted by Gasteiger charge is 2.31. The molecule has 2 aromatic carbocycles. The van der Waals surface area contributed by atoms with E-state index in [0.29, 0.717) is 18.9 Å². The Morgan fingerprint density at radius 3 is 2.59 bits per heavy atom. The van der Waals surface area contributed by atoms with Crippen molar-refractivity contribution in [1.82, 2.24) is 5.32 Å².